The molecule has 0 amide bonds. The number of nitrogen functional groups attached to an aromatic ring is 2. The second-order valence-corrected chi connectivity index (χ2v) is 2.43. The normalized spacial score (nSPS) is 10.2. The minimum absolute atomic E-state index is 0.366. The summed E-state index contributed by atoms with van der Waals surface area (Å²) >= 11 is 0. The van der Waals surface area contributed by atoms with Crippen molar-refractivity contribution in [1.29, 1.82) is 0 Å². The molecule has 0 spiro atoms. The molecule has 0 atom stereocenters. The highest BCUT2D eigenvalue weighted by Crippen LogP contribution is 2.21. The van der Waals surface area contributed by atoms with E-state index in [4.69, 9.17) is 11.5 Å². The Labute approximate surface area is 73.2 Å². The lowest BCUT2D eigenvalue weighted by Crippen LogP contribution is -1.96. The van der Waals surface area contributed by atoms with E-state index < -0.39 is 0 Å². The van der Waals surface area contributed by atoms with Gasteiger partial charge in [0.25, 0.3) is 0 Å². The van der Waals surface area contributed by atoms with Crippen molar-refractivity contribution in [1.82, 2.24) is 25.6 Å². The molecule has 5 N–H and O–H groups in total. The van der Waals surface area contributed by atoms with Crippen LogP contribution in [0, 0.1) is 0 Å². The SMILES string of the molecule is Nc1cc(N)c(-c2nn[nH]n2)cn1. The number of hydrogen-bond donors (Lipinski definition) is 3. The summed E-state index contributed by atoms with van der Waals surface area (Å²) in [5, 5.41) is 13.3. The Kier molecular flexibility index (Phi) is 1.55. The van der Waals surface area contributed by atoms with E-state index in [2.05, 4.69) is 25.6 Å². The van der Waals surface area contributed by atoms with Gasteiger partial charge in [0, 0.05) is 18.0 Å². The molecule has 2 aromatic rings. The fourth-order valence-corrected chi connectivity index (χ4v) is 0.951. The fraction of sp³-hybridized carbons (Fsp3) is 0. The van der Waals surface area contributed by atoms with Crippen molar-refractivity contribution in [3.8, 4) is 11.4 Å². The third kappa shape index (κ3) is 1.26. The van der Waals surface area contributed by atoms with Crippen LogP contribution in [-0.2, 0) is 0 Å². The first-order valence-corrected chi connectivity index (χ1v) is 3.52. The molecule has 0 aliphatic heterocycles. The summed E-state index contributed by atoms with van der Waals surface area (Å²) in [7, 11) is 0. The summed E-state index contributed by atoms with van der Waals surface area (Å²) in [5.41, 5.74) is 12.2. The molecular formula is C6H7N7. The summed E-state index contributed by atoms with van der Waals surface area (Å²) in [6.45, 7) is 0. The second-order valence-electron chi connectivity index (χ2n) is 2.43. The van der Waals surface area contributed by atoms with Gasteiger partial charge in [-0.2, -0.15) is 5.21 Å². The largest absolute Gasteiger partial charge is 0.398 e. The van der Waals surface area contributed by atoms with Gasteiger partial charge in [-0.1, -0.05) is 0 Å². The highest BCUT2D eigenvalue weighted by molar-refractivity contribution is 5.71. The Morgan fingerprint density at radius 1 is 1.31 bits per heavy atom. The van der Waals surface area contributed by atoms with Gasteiger partial charge >= 0.3 is 0 Å². The Bertz CT molecular complexity index is 407. The van der Waals surface area contributed by atoms with Gasteiger partial charge in [0.15, 0.2) is 0 Å². The summed E-state index contributed by atoms with van der Waals surface area (Å²) in [6.07, 6.45) is 1.51. The predicted octanol–water partition coefficient (Wildman–Crippen LogP) is -0.574. The predicted molar refractivity (Wildman–Crippen MR) is 46.2 cm³/mol. The topological polar surface area (TPSA) is 119 Å². The highest BCUT2D eigenvalue weighted by Gasteiger charge is 2.07. The molecule has 7 nitrogen and oxygen atoms in total. The number of nitrogens with two attached hydrogens (primary N) is 2. The molecule has 0 fully saturated rings. The van der Waals surface area contributed by atoms with Crippen LogP contribution in [0.4, 0.5) is 11.5 Å². The minimum Gasteiger partial charge on any atom is -0.398 e. The average Bonchev–Trinajstić information content (AvgIpc) is 2.56. The number of nitrogens with one attached hydrogen (secondary N) is 1. The molecule has 0 saturated heterocycles. The number of aromatic nitrogens is 5. The zero-order valence-electron chi connectivity index (χ0n) is 6.60. The summed E-state index contributed by atoms with van der Waals surface area (Å²) in [5.74, 6) is 0.773. The van der Waals surface area contributed by atoms with Crippen LogP contribution in [0.1, 0.15) is 0 Å². The Balaban J connectivity index is 2.53. The maximum absolute atomic E-state index is 5.67. The Morgan fingerprint density at radius 2 is 2.15 bits per heavy atom. The van der Waals surface area contributed by atoms with Gasteiger partial charge in [-0.15, -0.1) is 10.2 Å². The number of nitrogens with zero attached hydrogens (tertiary/aromatic N) is 4. The van der Waals surface area contributed by atoms with Gasteiger partial charge in [0.05, 0.1) is 5.56 Å². The molecule has 0 aromatic carbocycles. The van der Waals surface area contributed by atoms with Crippen LogP contribution in [0.3, 0.4) is 0 Å². The molecule has 7 heteroatoms. The average molecular weight is 177 g/mol. The molecule has 0 saturated carbocycles. The monoisotopic (exact) mass is 177 g/mol. The molecule has 0 aliphatic carbocycles. The Hall–Kier alpha value is -2.18. The lowest BCUT2D eigenvalue weighted by molar-refractivity contribution is 0.881. The van der Waals surface area contributed by atoms with Crippen LogP contribution in [0.2, 0.25) is 0 Å². The molecule has 2 aromatic heterocycles. The quantitative estimate of drug-likeness (QED) is 0.536. The standard InChI is InChI=1S/C6H7N7/c7-4-1-5(8)9-2-3(4)6-10-12-13-11-6/h1-2H,(H4,7,8,9)(H,10,11,12,13). The van der Waals surface area contributed by atoms with E-state index in [1.165, 1.54) is 6.20 Å². The molecule has 0 bridgehead atoms. The molecule has 2 rings (SSSR count). The van der Waals surface area contributed by atoms with Crippen LogP contribution < -0.4 is 11.5 Å². The maximum Gasteiger partial charge on any atom is 0.208 e. The summed E-state index contributed by atoms with van der Waals surface area (Å²) < 4.78 is 0. The van der Waals surface area contributed by atoms with Gasteiger partial charge in [-0.05, 0) is 5.21 Å². The van der Waals surface area contributed by atoms with Crippen LogP contribution in [0.15, 0.2) is 12.3 Å². The zero-order chi connectivity index (χ0) is 9.26. The van der Waals surface area contributed by atoms with Crippen molar-refractivity contribution in [2.45, 2.75) is 0 Å². The van der Waals surface area contributed by atoms with E-state index in [0.29, 0.717) is 22.9 Å². The van der Waals surface area contributed by atoms with Gasteiger partial charge in [0.2, 0.25) is 5.82 Å². The second kappa shape index (κ2) is 2.70. The van der Waals surface area contributed by atoms with E-state index in [9.17, 15) is 0 Å². The molecule has 13 heavy (non-hydrogen) atoms. The Morgan fingerprint density at radius 3 is 2.77 bits per heavy atom. The lowest BCUT2D eigenvalue weighted by Gasteiger charge is -1.99. The molecular weight excluding hydrogens is 170 g/mol. The van der Waals surface area contributed by atoms with Crippen LogP contribution >= 0.6 is 0 Å². The third-order valence-corrected chi connectivity index (χ3v) is 1.54. The molecule has 0 unspecified atom stereocenters. The number of anilines is 2. The van der Waals surface area contributed by atoms with Crippen molar-refractivity contribution < 1.29 is 0 Å². The van der Waals surface area contributed by atoms with Crippen molar-refractivity contribution >= 4 is 11.5 Å². The van der Waals surface area contributed by atoms with Crippen molar-refractivity contribution in [3.63, 3.8) is 0 Å². The molecule has 66 valence electrons. The highest BCUT2D eigenvalue weighted by atomic mass is 15.5. The van der Waals surface area contributed by atoms with Gasteiger partial charge < -0.3 is 11.5 Å². The first kappa shape index (κ1) is 7.47. The zero-order valence-corrected chi connectivity index (χ0v) is 6.60. The number of H-pyrrole nitrogens is 1. The molecule has 0 aliphatic rings. The van der Waals surface area contributed by atoms with Gasteiger partial charge in [-0.3, -0.25) is 0 Å². The lowest BCUT2D eigenvalue weighted by atomic mass is 10.2. The van der Waals surface area contributed by atoms with Crippen LogP contribution in [-0.4, -0.2) is 25.6 Å². The number of hydrogen-bond acceptors (Lipinski definition) is 6. The summed E-state index contributed by atoms with van der Waals surface area (Å²) in [6, 6.07) is 1.55. The molecule has 2 heterocycles. The van der Waals surface area contributed by atoms with E-state index in [1.54, 1.807) is 6.07 Å². The fourth-order valence-electron chi connectivity index (χ4n) is 0.951. The van der Waals surface area contributed by atoms with E-state index in [1.807, 2.05) is 0 Å². The van der Waals surface area contributed by atoms with Gasteiger partial charge in [-0.25, -0.2) is 4.98 Å². The first-order valence-electron chi connectivity index (χ1n) is 3.52. The van der Waals surface area contributed by atoms with Crippen LogP contribution in [0.5, 0.6) is 0 Å². The van der Waals surface area contributed by atoms with E-state index in [0.717, 1.165) is 0 Å². The van der Waals surface area contributed by atoms with Crippen molar-refractivity contribution in [3.05, 3.63) is 12.3 Å². The van der Waals surface area contributed by atoms with E-state index >= 15 is 0 Å². The number of tetrazole rings is 1. The van der Waals surface area contributed by atoms with Crippen LogP contribution in [0.25, 0.3) is 11.4 Å². The first-order chi connectivity index (χ1) is 6.27. The van der Waals surface area contributed by atoms with E-state index in [-0.39, 0.29) is 0 Å². The smallest absolute Gasteiger partial charge is 0.208 e. The molecule has 0 radical (unpaired) electrons. The number of aromatic amines is 1. The van der Waals surface area contributed by atoms with Crippen molar-refractivity contribution in [2.75, 3.05) is 11.5 Å². The summed E-state index contributed by atoms with van der Waals surface area (Å²) in [4.78, 5) is 3.87. The van der Waals surface area contributed by atoms with Crippen molar-refractivity contribution in [2.24, 2.45) is 0 Å². The van der Waals surface area contributed by atoms with Gasteiger partial charge in [0.1, 0.15) is 5.82 Å². The third-order valence-electron chi connectivity index (χ3n) is 1.54. The minimum atomic E-state index is 0.366. The number of pyridine rings is 1. The maximum atomic E-state index is 5.67. The number of rotatable bonds is 1.